The van der Waals surface area contributed by atoms with Gasteiger partial charge in [-0.25, -0.2) is 9.97 Å². The fourth-order valence-corrected chi connectivity index (χ4v) is 1.63. The van der Waals surface area contributed by atoms with E-state index in [-0.39, 0.29) is 6.04 Å². The molecule has 0 aliphatic heterocycles. The van der Waals surface area contributed by atoms with Crippen LogP contribution in [0.2, 0.25) is 0 Å². The molecule has 4 heteroatoms. The monoisotopic (exact) mass is 231 g/mol. The van der Waals surface area contributed by atoms with Crippen LogP contribution in [0.3, 0.4) is 0 Å². The lowest BCUT2D eigenvalue weighted by Gasteiger charge is -2.09. The van der Waals surface area contributed by atoms with Crippen LogP contribution in [-0.2, 0) is 0 Å². The van der Waals surface area contributed by atoms with E-state index >= 15 is 0 Å². The lowest BCUT2D eigenvalue weighted by atomic mass is 10.2. The molecule has 0 spiro atoms. The first-order valence-electron chi connectivity index (χ1n) is 5.89. The maximum absolute atomic E-state index is 5.79. The average Bonchev–Trinajstić information content (AvgIpc) is 2.86. The van der Waals surface area contributed by atoms with E-state index in [0.717, 1.165) is 30.0 Å². The van der Waals surface area contributed by atoms with Gasteiger partial charge in [0.15, 0.2) is 0 Å². The van der Waals surface area contributed by atoms with Crippen molar-refractivity contribution in [1.82, 2.24) is 15.3 Å². The molecule has 2 heterocycles. The van der Waals surface area contributed by atoms with E-state index in [0.29, 0.717) is 0 Å². The molecule has 0 bridgehead atoms. The summed E-state index contributed by atoms with van der Waals surface area (Å²) < 4.78 is 5.79. The molecular weight excluding hydrogens is 214 g/mol. The van der Waals surface area contributed by atoms with Crippen LogP contribution in [-0.4, -0.2) is 16.5 Å². The molecule has 4 nitrogen and oxygen atoms in total. The van der Waals surface area contributed by atoms with Gasteiger partial charge < -0.3 is 9.73 Å². The maximum Gasteiger partial charge on any atom is 0.137 e. The minimum atomic E-state index is 0.230. The molecule has 2 rings (SSSR count). The molecule has 17 heavy (non-hydrogen) atoms. The van der Waals surface area contributed by atoms with Gasteiger partial charge >= 0.3 is 0 Å². The number of nitrogens with zero attached hydrogens (tertiary/aromatic N) is 2. The van der Waals surface area contributed by atoms with Crippen molar-refractivity contribution in [2.75, 3.05) is 6.54 Å². The smallest absolute Gasteiger partial charge is 0.137 e. The highest BCUT2D eigenvalue weighted by molar-refractivity contribution is 5.54. The molecule has 1 unspecified atom stereocenters. The lowest BCUT2D eigenvalue weighted by molar-refractivity contribution is 0.438. The fraction of sp³-hybridized carbons (Fsp3) is 0.385. The van der Waals surface area contributed by atoms with Gasteiger partial charge in [0.25, 0.3) is 0 Å². The van der Waals surface area contributed by atoms with E-state index in [1.54, 1.807) is 12.4 Å². The van der Waals surface area contributed by atoms with Gasteiger partial charge in [-0.3, -0.25) is 0 Å². The molecule has 0 fully saturated rings. The Bertz CT molecular complexity index is 453. The van der Waals surface area contributed by atoms with E-state index < -0.39 is 0 Å². The quantitative estimate of drug-likeness (QED) is 0.859. The van der Waals surface area contributed by atoms with E-state index in [1.807, 2.05) is 12.1 Å². The van der Waals surface area contributed by atoms with Gasteiger partial charge in [0.2, 0.25) is 0 Å². The van der Waals surface area contributed by atoms with Crippen molar-refractivity contribution in [1.29, 1.82) is 0 Å². The van der Waals surface area contributed by atoms with Crippen molar-refractivity contribution in [2.45, 2.75) is 26.3 Å². The van der Waals surface area contributed by atoms with Crippen molar-refractivity contribution in [3.05, 3.63) is 36.6 Å². The second-order valence-electron chi connectivity index (χ2n) is 4.00. The average molecular weight is 231 g/mol. The largest absolute Gasteiger partial charge is 0.459 e. The minimum Gasteiger partial charge on any atom is -0.459 e. The number of aromatic nitrogens is 2. The highest BCUT2D eigenvalue weighted by Gasteiger charge is 2.10. The summed E-state index contributed by atoms with van der Waals surface area (Å²) in [7, 11) is 0. The van der Waals surface area contributed by atoms with Crippen molar-refractivity contribution in [2.24, 2.45) is 0 Å². The van der Waals surface area contributed by atoms with Gasteiger partial charge in [0, 0.05) is 12.4 Å². The first kappa shape index (κ1) is 11.8. The zero-order valence-corrected chi connectivity index (χ0v) is 10.2. The second kappa shape index (κ2) is 5.59. The zero-order chi connectivity index (χ0) is 12.1. The van der Waals surface area contributed by atoms with Crippen LogP contribution in [0.15, 0.2) is 35.3 Å². The van der Waals surface area contributed by atoms with Crippen LogP contribution in [0.25, 0.3) is 11.3 Å². The van der Waals surface area contributed by atoms with Crippen LogP contribution in [0.1, 0.15) is 32.1 Å². The molecule has 90 valence electrons. The number of furan rings is 1. The van der Waals surface area contributed by atoms with Gasteiger partial charge in [-0.1, -0.05) is 6.92 Å². The van der Waals surface area contributed by atoms with Crippen LogP contribution in [0.4, 0.5) is 0 Å². The van der Waals surface area contributed by atoms with Gasteiger partial charge in [-0.2, -0.15) is 0 Å². The Morgan fingerprint density at radius 1 is 1.29 bits per heavy atom. The van der Waals surface area contributed by atoms with Crippen molar-refractivity contribution < 1.29 is 4.42 Å². The topological polar surface area (TPSA) is 51.0 Å². The number of hydrogen-bond donors (Lipinski definition) is 1. The molecule has 0 saturated heterocycles. The first-order valence-corrected chi connectivity index (χ1v) is 5.89. The lowest BCUT2D eigenvalue weighted by Crippen LogP contribution is -2.18. The van der Waals surface area contributed by atoms with E-state index in [1.165, 1.54) is 6.33 Å². The number of nitrogens with one attached hydrogen (secondary N) is 1. The Morgan fingerprint density at radius 3 is 2.76 bits per heavy atom. The third-order valence-electron chi connectivity index (χ3n) is 2.60. The molecule has 0 aliphatic rings. The summed E-state index contributed by atoms with van der Waals surface area (Å²) in [6, 6.07) is 4.18. The summed E-state index contributed by atoms with van der Waals surface area (Å²) in [4.78, 5) is 7.96. The fourth-order valence-electron chi connectivity index (χ4n) is 1.63. The summed E-state index contributed by atoms with van der Waals surface area (Å²) in [5.41, 5.74) is 0.904. The molecule has 1 N–H and O–H groups in total. The predicted molar refractivity (Wildman–Crippen MR) is 66.4 cm³/mol. The third-order valence-corrected chi connectivity index (χ3v) is 2.60. The number of rotatable bonds is 5. The maximum atomic E-state index is 5.79. The molecule has 0 aromatic carbocycles. The molecule has 0 radical (unpaired) electrons. The number of hydrogen-bond acceptors (Lipinski definition) is 4. The molecular formula is C13H17N3O. The molecule has 2 aromatic heterocycles. The summed E-state index contributed by atoms with van der Waals surface area (Å²) in [5, 5.41) is 3.39. The molecule has 0 aliphatic carbocycles. The highest BCUT2D eigenvalue weighted by atomic mass is 16.3. The minimum absolute atomic E-state index is 0.230. The normalized spacial score (nSPS) is 12.6. The van der Waals surface area contributed by atoms with Gasteiger partial charge in [0.1, 0.15) is 17.8 Å². The van der Waals surface area contributed by atoms with Crippen molar-refractivity contribution in [3.8, 4) is 11.3 Å². The Hall–Kier alpha value is -1.68. The molecule has 0 saturated carbocycles. The Morgan fingerprint density at radius 2 is 2.06 bits per heavy atom. The summed E-state index contributed by atoms with van der Waals surface area (Å²) in [6.07, 6.45) is 6.13. The Balaban J connectivity index is 2.11. The summed E-state index contributed by atoms with van der Waals surface area (Å²) >= 11 is 0. The van der Waals surface area contributed by atoms with Crippen molar-refractivity contribution in [3.63, 3.8) is 0 Å². The van der Waals surface area contributed by atoms with Crippen LogP contribution >= 0.6 is 0 Å². The predicted octanol–water partition coefficient (Wildman–Crippen LogP) is 2.80. The van der Waals surface area contributed by atoms with Crippen LogP contribution in [0.5, 0.6) is 0 Å². The first-order chi connectivity index (χ1) is 8.31. The van der Waals surface area contributed by atoms with E-state index in [4.69, 9.17) is 4.42 Å². The molecule has 1 atom stereocenters. The van der Waals surface area contributed by atoms with Gasteiger partial charge in [0.05, 0.1) is 11.6 Å². The standard InChI is InChI=1S/C13H17N3O/c1-3-6-16-10(2)12-4-5-13(17-12)11-7-14-9-15-8-11/h4-5,7-10,16H,3,6H2,1-2H3. The SMILES string of the molecule is CCCNC(C)c1ccc(-c2cncnc2)o1. The Kier molecular flexibility index (Phi) is 3.88. The Labute approximate surface area is 101 Å². The van der Waals surface area contributed by atoms with Gasteiger partial charge in [-0.15, -0.1) is 0 Å². The second-order valence-corrected chi connectivity index (χ2v) is 4.00. The van der Waals surface area contributed by atoms with Crippen molar-refractivity contribution >= 4 is 0 Å². The van der Waals surface area contributed by atoms with E-state index in [9.17, 15) is 0 Å². The zero-order valence-electron chi connectivity index (χ0n) is 10.2. The van der Waals surface area contributed by atoms with Gasteiger partial charge in [-0.05, 0) is 32.0 Å². The third kappa shape index (κ3) is 2.91. The summed E-state index contributed by atoms with van der Waals surface area (Å²) in [5.74, 6) is 1.75. The highest BCUT2D eigenvalue weighted by Crippen LogP contribution is 2.23. The summed E-state index contributed by atoms with van der Waals surface area (Å²) in [6.45, 7) is 5.24. The van der Waals surface area contributed by atoms with Crippen LogP contribution < -0.4 is 5.32 Å². The molecule has 0 amide bonds. The van der Waals surface area contributed by atoms with E-state index in [2.05, 4.69) is 29.1 Å². The van der Waals surface area contributed by atoms with Crippen LogP contribution in [0, 0.1) is 0 Å². The molecule has 2 aromatic rings.